The molecule has 0 saturated heterocycles. The van der Waals surface area contributed by atoms with Gasteiger partial charge in [-0.2, -0.15) is 0 Å². The topological polar surface area (TPSA) is 84.9 Å². The number of halogens is 1. The number of hydrogen-bond donors (Lipinski definition) is 2. The molecule has 0 radical (unpaired) electrons. The third kappa shape index (κ3) is 4.19. The standard InChI is InChI=1S/C16H14FNO5/c1-22-14-12(17)7-11(15(19)20)8-13(14)18-16(21)23-9-10-5-3-2-4-6-10/h2-8H,9H2,1H3,(H,18,21)(H,19,20). The number of ether oxygens (including phenoxy) is 2. The highest BCUT2D eigenvalue weighted by molar-refractivity contribution is 5.93. The lowest BCUT2D eigenvalue weighted by molar-refractivity contribution is 0.0696. The van der Waals surface area contributed by atoms with Crippen LogP contribution in [0.1, 0.15) is 15.9 Å². The first kappa shape index (κ1) is 16.3. The first-order chi connectivity index (χ1) is 11.0. The average Bonchev–Trinajstić information content (AvgIpc) is 2.53. The second kappa shape index (κ2) is 7.26. The summed E-state index contributed by atoms with van der Waals surface area (Å²) in [5, 5.41) is 11.2. The Balaban J connectivity index is 2.11. The summed E-state index contributed by atoms with van der Waals surface area (Å²) in [6, 6.07) is 10.9. The molecule has 0 atom stereocenters. The number of carbonyl (C=O) groups is 2. The third-order valence-electron chi connectivity index (χ3n) is 2.94. The highest BCUT2D eigenvalue weighted by Gasteiger charge is 2.17. The van der Waals surface area contributed by atoms with E-state index in [1.165, 1.54) is 7.11 Å². The smallest absolute Gasteiger partial charge is 0.412 e. The van der Waals surface area contributed by atoms with Gasteiger partial charge in [0.05, 0.1) is 18.4 Å². The number of methoxy groups -OCH3 is 1. The minimum absolute atomic E-state index is 0.0239. The van der Waals surface area contributed by atoms with Crippen molar-refractivity contribution in [1.29, 1.82) is 0 Å². The number of aromatic carboxylic acids is 1. The van der Waals surface area contributed by atoms with Gasteiger partial charge in [-0.1, -0.05) is 30.3 Å². The average molecular weight is 319 g/mol. The van der Waals surface area contributed by atoms with E-state index in [2.05, 4.69) is 5.32 Å². The van der Waals surface area contributed by atoms with Crippen LogP contribution in [0.2, 0.25) is 0 Å². The minimum atomic E-state index is -1.33. The van der Waals surface area contributed by atoms with Gasteiger partial charge >= 0.3 is 12.1 Å². The summed E-state index contributed by atoms with van der Waals surface area (Å²) < 4.78 is 23.6. The van der Waals surface area contributed by atoms with Gasteiger partial charge in [0.1, 0.15) is 6.61 Å². The summed E-state index contributed by atoms with van der Waals surface area (Å²) >= 11 is 0. The molecule has 6 nitrogen and oxygen atoms in total. The largest absolute Gasteiger partial charge is 0.492 e. The van der Waals surface area contributed by atoms with E-state index in [1.54, 1.807) is 24.3 Å². The molecule has 0 heterocycles. The van der Waals surface area contributed by atoms with Crippen LogP contribution in [0.25, 0.3) is 0 Å². The third-order valence-corrected chi connectivity index (χ3v) is 2.94. The number of hydrogen-bond acceptors (Lipinski definition) is 4. The maximum absolute atomic E-state index is 13.8. The molecule has 7 heteroatoms. The van der Waals surface area contributed by atoms with Gasteiger partial charge < -0.3 is 14.6 Å². The second-order valence-corrected chi connectivity index (χ2v) is 4.53. The molecule has 0 aliphatic heterocycles. The van der Waals surface area contributed by atoms with E-state index < -0.39 is 17.9 Å². The molecule has 2 N–H and O–H groups in total. The predicted octanol–water partition coefficient (Wildman–Crippen LogP) is 3.28. The normalized spacial score (nSPS) is 10.0. The fraction of sp³-hybridized carbons (Fsp3) is 0.125. The van der Waals surface area contributed by atoms with Crippen LogP contribution in [0.5, 0.6) is 5.75 Å². The number of nitrogens with one attached hydrogen (secondary N) is 1. The van der Waals surface area contributed by atoms with Gasteiger partial charge in [-0.3, -0.25) is 5.32 Å². The SMILES string of the molecule is COc1c(F)cc(C(=O)O)cc1NC(=O)OCc1ccccc1. The first-order valence-electron chi connectivity index (χ1n) is 6.59. The van der Waals surface area contributed by atoms with Crippen LogP contribution in [0.4, 0.5) is 14.9 Å². The van der Waals surface area contributed by atoms with Crippen LogP contribution in [0.15, 0.2) is 42.5 Å². The van der Waals surface area contributed by atoms with Crippen LogP contribution >= 0.6 is 0 Å². The molecule has 0 unspecified atom stereocenters. The van der Waals surface area contributed by atoms with Crippen molar-refractivity contribution in [3.8, 4) is 5.75 Å². The van der Waals surface area contributed by atoms with E-state index in [0.29, 0.717) is 0 Å². The Morgan fingerprint density at radius 3 is 2.52 bits per heavy atom. The van der Waals surface area contributed by atoms with E-state index in [9.17, 15) is 14.0 Å². The number of carbonyl (C=O) groups excluding carboxylic acids is 1. The zero-order valence-corrected chi connectivity index (χ0v) is 12.2. The van der Waals surface area contributed by atoms with E-state index >= 15 is 0 Å². The van der Waals surface area contributed by atoms with Crippen LogP contribution in [-0.4, -0.2) is 24.3 Å². The number of amides is 1. The minimum Gasteiger partial charge on any atom is -0.492 e. The van der Waals surface area contributed by atoms with Crippen LogP contribution in [-0.2, 0) is 11.3 Å². The summed E-state index contributed by atoms with van der Waals surface area (Å²) in [7, 11) is 1.21. The van der Waals surface area contributed by atoms with Crippen molar-refractivity contribution >= 4 is 17.7 Å². The monoisotopic (exact) mass is 319 g/mol. The number of anilines is 1. The summed E-state index contributed by atoms with van der Waals surface area (Å²) in [5.74, 6) is -2.50. The van der Waals surface area contributed by atoms with Crippen molar-refractivity contribution in [3.05, 3.63) is 59.4 Å². The molecular formula is C16H14FNO5. The number of benzene rings is 2. The number of rotatable bonds is 5. The summed E-state index contributed by atoms with van der Waals surface area (Å²) in [4.78, 5) is 22.7. The molecule has 0 aliphatic rings. The van der Waals surface area contributed by atoms with Gasteiger partial charge in [-0.05, 0) is 17.7 Å². The Kier molecular flexibility index (Phi) is 5.14. The van der Waals surface area contributed by atoms with Crippen molar-refractivity contribution in [2.45, 2.75) is 6.61 Å². The highest BCUT2D eigenvalue weighted by atomic mass is 19.1. The molecule has 0 aromatic heterocycles. The maximum atomic E-state index is 13.8. The molecular weight excluding hydrogens is 305 g/mol. The van der Waals surface area contributed by atoms with Crippen molar-refractivity contribution < 1.29 is 28.6 Å². The molecule has 0 spiro atoms. The van der Waals surface area contributed by atoms with Crippen LogP contribution in [0.3, 0.4) is 0 Å². The molecule has 0 aliphatic carbocycles. The Morgan fingerprint density at radius 2 is 1.91 bits per heavy atom. The van der Waals surface area contributed by atoms with Gasteiger partial charge in [0.15, 0.2) is 11.6 Å². The Bertz CT molecular complexity index is 718. The molecule has 0 saturated carbocycles. The molecule has 1 amide bonds. The fourth-order valence-corrected chi connectivity index (χ4v) is 1.89. The lowest BCUT2D eigenvalue weighted by Crippen LogP contribution is -2.15. The van der Waals surface area contributed by atoms with Gasteiger partial charge in [-0.15, -0.1) is 0 Å². The van der Waals surface area contributed by atoms with E-state index in [4.69, 9.17) is 14.6 Å². The van der Waals surface area contributed by atoms with Crippen molar-refractivity contribution in [3.63, 3.8) is 0 Å². The Hall–Kier alpha value is -3.09. The maximum Gasteiger partial charge on any atom is 0.412 e. The molecule has 2 rings (SSSR count). The number of carboxylic acids is 1. The lowest BCUT2D eigenvalue weighted by atomic mass is 10.1. The van der Waals surface area contributed by atoms with Gasteiger partial charge in [0, 0.05) is 0 Å². The quantitative estimate of drug-likeness (QED) is 0.883. The van der Waals surface area contributed by atoms with Gasteiger partial charge in [-0.25, -0.2) is 14.0 Å². The lowest BCUT2D eigenvalue weighted by Gasteiger charge is -2.12. The number of carboxylic acid groups (broad SMARTS) is 1. The Labute approximate surface area is 131 Å². The van der Waals surface area contributed by atoms with E-state index in [1.807, 2.05) is 6.07 Å². The van der Waals surface area contributed by atoms with Crippen molar-refractivity contribution in [2.75, 3.05) is 12.4 Å². The predicted molar refractivity (Wildman–Crippen MR) is 80.2 cm³/mol. The summed E-state index contributed by atoms with van der Waals surface area (Å²) in [6.45, 7) is 0.0239. The van der Waals surface area contributed by atoms with E-state index in [0.717, 1.165) is 17.7 Å². The van der Waals surface area contributed by atoms with Crippen LogP contribution in [0, 0.1) is 5.82 Å². The molecule has 120 valence electrons. The summed E-state index contributed by atoms with van der Waals surface area (Å²) in [6.07, 6.45) is -0.853. The summed E-state index contributed by atoms with van der Waals surface area (Å²) in [5.41, 5.74) is 0.338. The van der Waals surface area contributed by atoms with Gasteiger partial charge in [0.25, 0.3) is 0 Å². The first-order valence-corrected chi connectivity index (χ1v) is 6.59. The van der Waals surface area contributed by atoms with Crippen LogP contribution < -0.4 is 10.1 Å². The zero-order chi connectivity index (χ0) is 16.8. The molecule has 23 heavy (non-hydrogen) atoms. The molecule has 0 fully saturated rings. The van der Waals surface area contributed by atoms with Crippen molar-refractivity contribution in [2.24, 2.45) is 0 Å². The van der Waals surface area contributed by atoms with Crippen molar-refractivity contribution in [1.82, 2.24) is 0 Å². The van der Waals surface area contributed by atoms with E-state index in [-0.39, 0.29) is 23.6 Å². The zero-order valence-electron chi connectivity index (χ0n) is 12.2. The molecule has 0 bridgehead atoms. The highest BCUT2D eigenvalue weighted by Crippen LogP contribution is 2.29. The molecule has 2 aromatic rings. The second-order valence-electron chi connectivity index (χ2n) is 4.53. The Morgan fingerprint density at radius 1 is 1.22 bits per heavy atom. The van der Waals surface area contributed by atoms with Gasteiger partial charge in [0.2, 0.25) is 0 Å². The molecule has 2 aromatic carbocycles. The fourth-order valence-electron chi connectivity index (χ4n) is 1.89.